The third-order valence-corrected chi connectivity index (χ3v) is 2.13. The van der Waals surface area contributed by atoms with E-state index < -0.39 is 0 Å². The predicted molar refractivity (Wildman–Crippen MR) is 61.6 cm³/mol. The van der Waals surface area contributed by atoms with Gasteiger partial charge in [0.1, 0.15) is 5.82 Å². The van der Waals surface area contributed by atoms with Gasteiger partial charge in [-0.15, -0.1) is 0 Å². The number of imidazole rings is 1. The van der Waals surface area contributed by atoms with Gasteiger partial charge in [0.25, 0.3) is 0 Å². The summed E-state index contributed by atoms with van der Waals surface area (Å²) in [6.45, 7) is 0.844. The molecule has 0 radical (unpaired) electrons. The molecule has 2 rings (SSSR count). The number of nitrogens with zero attached hydrogens (tertiary/aromatic N) is 1. The highest BCUT2D eigenvalue weighted by atomic mass is 14.9. The molecule has 4 N–H and O–H groups in total. The lowest BCUT2D eigenvalue weighted by atomic mass is 10.3. The van der Waals surface area contributed by atoms with E-state index in [1.165, 1.54) is 0 Å². The largest absolute Gasteiger partial charge is 0.399 e. The van der Waals surface area contributed by atoms with Crippen LogP contribution in [0.5, 0.6) is 0 Å². The second kappa shape index (κ2) is 4.50. The minimum absolute atomic E-state index is 0.776. The molecule has 0 amide bonds. The molecular formula is C11H14N4. The van der Waals surface area contributed by atoms with Crippen LogP contribution in [-0.4, -0.2) is 16.5 Å². The minimum Gasteiger partial charge on any atom is -0.399 e. The lowest BCUT2D eigenvalue weighted by Gasteiger charge is -2.05. The van der Waals surface area contributed by atoms with Crippen LogP contribution >= 0.6 is 0 Å². The Labute approximate surface area is 88.5 Å². The van der Waals surface area contributed by atoms with Crippen molar-refractivity contribution in [3.63, 3.8) is 0 Å². The summed E-state index contributed by atoms with van der Waals surface area (Å²) >= 11 is 0. The smallest absolute Gasteiger partial charge is 0.107 e. The molecule has 0 bridgehead atoms. The highest BCUT2D eigenvalue weighted by Gasteiger charge is 1.95. The topological polar surface area (TPSA) is 66.7 Å². The first-order chi connectivity index (χ1) is 7.34. The highest BCUT2D eigenvalue weighted by molar-refractivity contribution is 5.53. The van der Waals surface area contributed by atoms with E-state index in [0.29, 0.717) is 0 Å². The first kappa shape index (κ1) is 9.58. The van der Waals surface area contributed by atoms with E-state index in [4.69, 9.17) is 5.73 Å². The molecule has 1 heterocycles. The molecule has 1 aromatic carbocycles. The summed E-state index contributed by atoms with van der Waals surface area (Å²) in [5, 5.41) is 3.28. The number of hydrogen-bond acceptors (Lipinski definition) is 3. The number of nitrogens with two attached hydrogens (primary N) is 1. The fraction of sp³-hybridized carbons (Fsp3) is 0.182. The maximum atomic E-state index is 5.67. The zero-order valence-electron chi connectivity index (χ0n) is 8.40. The molecule has 4 heteroatoms. The van der Waals surface area contributed by atoms with Gasteiger partial charge >= 0.3 is 0 Å². The highest BCUT2D eigenvalue weighted by Crippen LogP contribution is 2.11. The number of benzene rings is 1. The van der Waals surface area contributed by atoms with Crippen LogP contribution in [0.25, 0.3) is 0 Å². The van der Waals surface area contributed by atoms with Crippen LogP contribution in [-0.2, 0) is 6.42 Å². The van der Waals surface area contributed by atoms with E-state index in [-0.39, 0.29) is 0 Å². The van der Waals surface area contributed by atoms with Crippen molar-refractivity contribution in [2.75, 3.05) is 17.6 Å². The summed E-state index contributed by atoms with van der Waals surface area (Å²) in [6.07, 6.45) is 4.47. The molecular weight excluding hydrogens is 188 g/mol. The summed E-state index contributed by atoms with van der Waals surface area (Å²) in [6, 6.07) is 7.73. The Hall–Kier alpha value is -1.97. The van der Waals surface area contributed by atoms with Crippen molar-refractivity contribution in [1.82, 2.24) is 9.97 Å². The maximum absolute atomic E-state index is 5.67. The fourth-order valence-corrected chi connectivity index (χ4v) is 1.41. The Balaban J connectivity index is 1.83. The van der Waals surface area contributed by atoms with Gasteiger partial charge in [0.2, 0.25) is 0 Å². The summed E-state index contributed by atoms with van der Waals surface area (Å²) in [7, 11) is 0. The van der Waals surface area contributed by atoms with Gasteiger partial charge in [-0.2, -0.15) is 0 Å². The van der Waals surface area contributed by atoms with E-state index in [0.717, 1.165) is 30.2 Å². The minimum atomic E-state index is 0.776. The van der Waals surface area contributed by atoms with Gasteiger partial charge in [0, 0.05) is 36.7 Å². The Kier molecular flexibility index (Phi) is 2.88. The van der Waals surface area contributed by atoms with Gasteiger partial charge < -0.3 is 16.0 Å². The lowest BCUT2D eigenvalue weighted by molar-refractivity contribution is 0.927. The number of nitrogen functional groups attached to an aromatic ring is 1. The van der Waals surface area contributed by atoms with Crippen LogP contribution in [0.1, 0.15) is 5.82 Å². The number of H-pyrrole nitrogens is 1. The first-order valence-electron chi connectivity index (χ1n) is 4.92. The molecule has 0 aliphatic heterocycles. The van der Waals surface area contributed by atoms with Crippen LogP contribution in [0.2, 0.25) is 0 Å². The van der Waals surface area contributed by atoms with Crippen LogP contribution in [0.4, 0.5) is 11.4 Å². The van der Waals surface area contributed by atoms with Crippen molar-refractivity contribution < 1.29 is 0 Å². The van der Waals surface area contributed by atoms with Gasteiger partial charge in [-0.3, -0.25) is 0 Å². The molecule has 2 aromatic rings. The molecule has 0 unspecified atom stereocenters. The number of hydrogen-bond donors (Lipinski definition) is 3. The quantitative estimate of drug-likeness (QED) is 0.660. The van der Waals surface area contributed by atoms with Gasteiger partial charge in [0.15, 0.2) is 0 Å². The van der Waals surface area contributed by atoms with Crippen molar-refractivity contribution >= 4 is 11.4 Å². The molecule has 15 heavy (non-hydrogen) atoms. The Morgan fingerprint density at radius 2 is 2.33 bits per heavy atom. The molecule has 0 saturated carbocycles. The Morgan fingerprint density at radius 1 is 1.40 bits per heavy atom. The van der Waals surface area contributed by atoms with Gasteiger partial charge in [-0.1, -0.05) is 6.07 Å². The van der Waals surface area contributed by atoms with Crippen molar-refractivity contribution in [1.29, 1.82) is 0 Å². The average Bonchev–Trinajstić information content (AvgIpc) is 2.71. The molecule has 0 saturated heterocycles. The van der Waals surface area contributed by atoms with E-state index in [9.17, 15) is 0 Å². The number of aromatic nitrogens is 2. The van der Waals surface area contributed by atoms with Crippen molar-refractivity contribution in [3.05, 3.63) is 42.5 Å². The summed E-state index contributed by atoms with van der Waals surface area (Å²) in [5.74, 6) is 0.992. The van der Waals surface area contributed by atoms with Crippen LogP contribution in [0, 0.1) is 0 Å². The second-order valence-electron chi connectivity index (χ2n) is 3.34. The molecule has 0 aliphatic rings. The molecule has 0 spiro atoms. The van der Waals surface area contributed by atoms with Crippen LogP contribution in [0.15, 0.2) is 36.7 Å². The van der Waals surface area contributed by atoms with E-state index >= 15 is 0 Å². The second-order valence-corrected chi connectivity index (χ2v) is 3.34. The van der Waals surface area contributed by atoms with Gasteiger partial charge in [0.05, 0.1) is 0 Å². The van der Waals surface area contributed by atoms with E-state index in [1.54, 1.807) is 6.20 Å². The predicted octanol–water partition coefficient (Wildman–Crippen LogP) is 1.65. The third kappa shape index (κ3) is 2.74. The molecule has 78 valence electrons. The van der Waals surface area contributed by atoms with Gasteiger partial charge in [-0.05, 0) is 18.2 Å². The summed E-state index contributed by atoms with van der Waals surface area (Å²) in [4.78, 5) is 7.20. The number of aromatic amines is 1. The molecule has 0 atom stereocenters. The monoisotopic (exact) mass is 202 g/mol. The van der Waals surface area contributed by atoms with E-state index in [2.05, 4.69) is 15.3 Å². The zero-order valence-corrected chi connectivity index (χ0v) is 8.40. The summed E-state index contributed by atoms with van der Waals surface area (Å²) < 4.78 is 0. The number of anilines is 2. The standard InChI is InChI=1S/C11H14N4/c12-9-2-1-3-10(8-9)13-5-4-11-14-6-7-15-11/h1-3,6-8,13H,4-5,12H2,(H,14,15). The first-order valence-corrected chi connectivity index (χ1v) is 4.92. The maximum Gasteiger partial charge on any atom is 0.107 e. The molecule has 4 nitrogen and oxygen atoms in total. The molecule has 1 aromatic heterocycles. The van der Waals surface area contributed by atoms with Gasteiger partial charge in [-0.25, -0.2) is 4.98 Å². The number of nitrogens with one attached hydrogen (secondary N) is 2. The normalized spacial score (nSPS) is 10.1. The zero-order chi connectivity index (χ0) is 10.5. The van der Waals surface area contributed by atoms with Crippen molar-refractivity contribution in [2.45, 2.75) is 6.42 Å². The van der Waals surface area contributed by atoms with Crippen LogP contribution < -0.4 is 11.1 Å². The molecule has 0 fully saturated rings. The molecule has 0 aliphatic carbocycles. The third-order valence-electron chi connectivity index (χ3n) is 2.13. The average molecular weight is 202 g/mol. The van der Waals surface area contributed by atoms with Crippen molar-refractivity contribution in [2.24, 2.45) is 0 Å². The SMILES string of the molecule is Nc1cccc(NCCc2ncc[nH]2)c1. The lowest BCUT2D eigenvalue weighted by Crippen LogP contribution is -2.06. The Bertz CT molecular complexity index is 408. The fourth-order valence-electron chi connectivity index (χ4n) is 1.41. The number of rotatable bonds is 4. The van der Waals surface area contributed by atoms with Crippen LogP contribution in [0.3, 0.4) is 0 Å². The summed E-state index contributed by atoms with van der Waals surface area (Å²) in [5.41, 5.74) is 7.49. The van der Waals surface area contributed by atoms with Crippen molar-refractivity contribution in [3.8, 4) is 0 Å². The van der Waals surface area contributed by atoms with E-state index in [1.807, 2.05) is 30.5 Å². The Morgan fingerprint density at radius 3 is 3.07 bits per heavy atom.